The van der Waals surface area contributed by atoms with Crippen LogP contribution in [0.2, 0.25) is 0 Å². The van der Waals surface area contributed by atoms with Crippen LogP contribution in [-0.2, 0) is 4.74 Å². The first-order valence-electron chi connectivity index (χ1n) is 6.68. The molecule has 3 heterocycles. The highest BCUT2D eigenvalue weighted by molar-refractivity contribution is 5.91. The fourth-order valence-electron chi connectivity index (χ4n) is 2.13. The molecule has 1 amide bonds. The zero-order valence-corrected chi connectivity index (χ0v) is 11.3. The summed E-state index contributed by atoms with van der Waals surface area (Å²) in [6.45, 7) is 0.974. The van der Waals surface area contributed by atoms with Crippen molar-refractivity contribution in [2.24, 2.45) is 0 Å². The van der Waals surface area contributed by atoms with E-state index in [-0.39, 0.29) is 23.8 Å². The predicted molar refractivity (Wildman–Crippen MR) is 71.8 cm³/mol. The van der Waals surface area contributed by atoms with Gasteiger partial charge in [-0.3, -0.25) is 4.79 Å². The third kappa shape index (κ3) is 3.38. The van der Waals surface area contributed by atoms with Crippen molar-refractivity contribution in [3.8, 4) is 5.88 Å². The zero-order chi connectivity index (χ0) is 14.5. The molecule has 0 radical (unpaired) electrons. The van der Waals surface area contributed by atoms with E-state index in [1.165, 1.54) is 12.6 Å². The van der Waals surface area contributed by atoms with Gasteiger partial charge >= 0.3 is 0 Å². The maximum Gasteiger partial charge on any atom is 0.289 e. The molecular formula is C14H15N3O4. The number of rotatable bonds is 4. The van der Waals surface area contributed by atoms with Crippen LogP contribution in [0.5, 0.6) is 5.88 Å². The highest BCUT2D eigenvalue weighted by atomic mass is 16.5. The van der Waals surface area contributed by atoms with Crippen LogP contribution in [0.25, 0.3) is 0 Å². The Hall–Kier alpha value is -2.41. The van der Waals surface area contributed by atoms with E-state index in [1.54, 1.807) is 12.3 Å². The molecule has 0 bridgehead atoms. The molecule has 2 aromatic rings. The van der Waals surface area contributed by atoms with Crippen LogP contribution in [0.3, 0.4) is 0 Å². The first kappa shape index (κ1) is 13.6. The lowest BCUT2D eigenvalue weighted by Crippen LogP contribution is -2.51. The summed E-state index contributed by atoms with van der Waals surface area (Å²) in [6, 6.07) is 5.25. The highest BCUT2D eigenvalue weighted by Crippen LogP contribution is 2.15. The van der Waals surface area contributed by atoms with Gasteiger partial charge in [0.2, 0.25) is 11.6 Å². The predicted octanol–water partition coefficient (Wildman–Crippen LogP) is 1.04. The lowest BCUT2D eigenvalue weighted by molar-refractivity contribution is -0.0155. The Balaban J connectivity index is 1.65. The van der Waals surface area contributed by atoms with Crippen LogP contribution in [0.1, 0.15) is 17.0 Å². The normalized spacial score (nSPS) is 21.7. The van der Waals surface area contributed by atoms with Gasteiger partial charge in [0.05, 0.1) is 18.8 Å². The molecule has 3 rings (SSSR count). The van der Waals surface area contributed by atoms with E-state index >= 15 is 0 Å². The Morgan fingerprint density at radius 2 is 2.38 bits per heavy atom. The standard InChI is InChI=1S/C14H15N3O4/c18-14(11-7-15-9-20-11)17-10-4-6-19-8-12(10)21-13-3-1-2-5-16-13/h1-3,5,7,9-10,12H,4,6,8H2,(H,17,18)/t10-,12-/m1/s1. The third-order valence-corrected chi connectivity index (χ3v) is 3.19. The molecule has 1 saturated heterocycles. The molecule has 110 valence electrons. The Morgan fingerprint density at radius 1 is 1.43 bits per heavy atom. The van der Waals surface area contributed by atoms with Crippen molar-refractivity contribution in [2.45, 2.75) is 18.6 Å². The second-order valence-electron chi connectivity index (χ2n) is 4.63. The fraction of sp³-hybridized carbons (Fsp3) is 0.357. The van der Waals surface area contributed by atoms with E-state index in [0.29, 0.717) is 25.5 Å². The maximum atomic E-state index is 12.0. The van der Waals surface area contributed by atoms with E-state index in [1.807, 2.05) is 12.1 Å². The number of aromatic nitrogens is 2. The summed E-state index contributed by atoms with van der Waals surface area (Å²) in [7, 11) is 0. The number of pyridine rings is 1. The Labute approximate surface area is 121 Å². The van der Waals surface area contributed by atoms with E-state index in [0.717, 1.165) is 0 Å². The highest BCUT2D eigenvalue weighted by Gasteiger charge is 2.30. The minimum absolute atomic E-state index is 0.168. The first-order valence-corrected chi connectivity index (χ1v) is 6.68. The zero-order valence-electron chi connectivity index (χ0n) is 11.3. The quantitative estimate of drug-likeness (QED) is 0.905. The molecule has 2 atom stereocenters. The van der Waals surface area contributed by atoms with Gasteiger partial charge in [0, 0.05) is 18.9 Å². The number of nitrogens with one attached hydrogen (secondary N) is 1. The van der Waals surface area contributed by atoms with E-state index < -0.39 is 0 Å². The van der Waals surface area contributed by atoms with Gasteiger partial charge in [0.1, 0.15) is 6.10 Å². The van der Waals surface area contributed by atoms with Crippen molar-refractivity contribution < 1.29 is 18.7 Å². The van der Waals surface area contributed by atoms with Crippen LogP contribution >= 0.6 is 0 Å². The number of carbonyl (C=O) groups is 1. The molecule has 1 N–H and O–H groups in total. The molecule has 1 fully saturated rings. The van der Waals surface area contributed by atoms with Crippen molar-refractivity contribution in [3.63, 3.8) is 0 Å². The van der Waals surface area contributed by atoms with Crippen molar-refractivity contribution in [1.82, 2.24) is 15.3 Å². The molecule has 1 aliphatic heterocycles. The Bertz CT molecular complexity index is 573. The molecule has 7 heteroatoms. The number of hydrogen-bond acceptors (Lipinski definition) is 6. The molecular weight excluding hydrogens is 274 g/mol. The lowest BCUT2D eigenvalue weighted by atomic mass is 10.1. The van der Waals surface area contributed by atoms with Crippen molar-refractivity contribution in [2.75, 3.05) is 13.2 Å². The summed E-state index contributed by atoms with van der Waals surface area (Å²) in [5, 5.41) is 2.89. The summed E-state index contributed by atoms with van der Waals surface area (Å²) in [6.07, 6.45) is 4.63. The molecule has 7 nitrogen and oxygen atoms in total. The van der Waals surface area contributed by atoms with Crippen molar-refractivity contribution >= 4 is 5.91 Å². The monoisotopic (exact) mass is 289 g/mol. The van der Waals surface area contributed by atoms with Crippen LogP contribution in [0.15, 0.2) is 41.4 Å². The SMILES string of the molecule is O=C(N[C@@H]1CCOC[C@H]1Oc1ccccn1)c1cnco1. The number of carbonyl (C=O) groups excluding carboxylic acids is 1. The summed E-state index contributed by atoms with van der Waals surface area (Å²) in [4.78, 5) is 19.9. The second-order valence-corrected chi connectivity index (χ2v) is 4.63. The minimum atomic E-state index is -0.311. The molecule has 2 aromatic heterocycles. The van der Waals surface area contributed by atoms with Gasteiger partial charge in [-0.25, -0.2) is 9.97 Å². The maximum absolute atomic E-state index is 12.0. The van der Waals surface area contributed by atoms with E-state index in [4.69, 9.17) is 13.9 Å². The molecule has 1 aliphatic rings. The summed E-state index contributed by atoms with van der Waals surface area (Å²) in [5.74, 6) is 0.374. The third-order valence-electron chi connectivity index (χ3n) is 3.19. The van der Waals surface area contributed by atoms with E-state index in [9.17, 15) is 4.79 Å². The van der Waals surface area contributed by atoms with Crippen LogP contribution < -0.4 is 10.1 Å². The van der Waals surface area contributed by atoms with Gasteiger partial charge in [-0.1, -0.05) is 6.07 Å². The Kier molecular flexibility index (Phi) is 4.11. The Morgan fingerprint density at radius 3 is 3.14 bits per heavy atom. The van der Waals surface area contributed by atoms with Crippen LogP contribution in [-0.4, -0.2) is 41.2 Å². The number of nitrogens with zero attached hydrogens (tertiary/aromatic N) is 2. The van der Waals surface area contributed by atoms with Crippen molar-refractivity contribution in [3.05, 3.63) is 42.7 Å². The molecule has 0 unspecified atom stereocenters. The van der Waals surface area contributed by atoms with Gasteiger partial charge in [-0.2, -0.15) is 0 Å². The summed E-state index contributed by atoms with van der Waals surface area (Å²) >= 11 is 0. The molecule has 0 aromatic carbocycles. The largest absolute Gasteiger partial charge is 0.470 e. The topological polar surface area (TPSA) is 86.5 Å². The van der Waals surface area contributed by atoms with Gasteiger partial charge in [-0.15, -0.1) is 0 Å². The minimum Gasteiger partial charge on any atom is -0.470 e. The van der Waals surface area contributed by atoms with Gasteiger partial charge in [0.15, 0.2) is 6.39 Å². The van der Waals surface area contributed by atoms with Gasteiger partial charge in [0.25, 0.3) is 5.91 Å². The van der Waals surface area contributed by atoms with Crippen molar-refractivity contribution in [1.29, 1.82) is 0 Å². The number of hydrogen-bond donors (Lipinski definition) is 1. The summed E-state index contributed by atoms with van der Waals surface area (Å²) < 4.78 is 16.2. The van der Waals surface area contributed by atoms with Gasteiger partial charge in [-0.05, 0) is 12.5 Å². The molecule has 0 spiro atoms. The van der Waals surface area contributed by atoms with Crippen LogP contribution in [0.4, 0.5) is 0 Å². The number of ether oxygens (including phenoxy) is 2. The second kappa shape index (κ2) is 6.36. The summed E-state index contributed by atoms with van der Waals surface area (Å²) in [5.41, 5.74) is 0. The lowest BCUT2D eigenvalue weighted by Gasteiger charge is -2.31. The van der Waals surface area contributed by atoms with Gasteiger partial charge < -0.3 is 19.2 Å². The number of amides is 1. The van der Waals surface area contributed by atoms with Crippen LogP contribution in [0, 0.1) is 0 Å². The van der Waals surface area contributed by atoms with E-state index in [2.05, 4.69) is 15.3 Å². The first-order chi connectivity index (χ1) is 10.3. The average molecular weight is 289 g/mol. The number of oxazole rings is 1. The average Bonchev–Trinajstić information content (AvgIpc) is 3.05. The molecule has 21 heavy (non-hydrogen) atoms. The smallest absolute Gasteiger partial charge is 0.289 e. The fourth-order valence-corrected chi connectivity index (χ4v) is 2.13. The molecule has 0 aliphatic carbocycles. The molecule has 0 saturated carbocycles.